The molecular weight excluding hydrogens is 312 g/mol. The van der Waals surface area contributed by atoms with Gasteiger partial charge in [-0.05, 0) is 49.1 Å². The third-order valence-corrected chi connectivity index (χ3v) is 4.50. The first-order valence-corrected chi connectivity index (χ1v) is 8.11. The lowest BCUT2D eigenvalue weighted by Gasteiger charge is -2.36. The Morgan fingerprint density at radius 3 is 2.61 bits per heavy atom. The molecule has 0 atom stereocenters. The fraction of sp³-hybridized carbons (Fsp3) is 0.667. The van der Waals surface area contributed by atoms with Crippen LogP contribution in [0.15, 0.2) is 15.8 Å². The quantitative estimate of drug-likeness (QED) is 0.628. The van der Waals surface area contributed by atoms with Gasteiger partial charge in [0.05, 0.1) is 4.47 Å². The van der Waals surface area contributed by atoms with Crippen molar-refractivity contribution in [2.75, 3.05) is 38.3 Å². The minimum Gasteiger partial charge on any atom is -0.355 e. The van der Waals surface area contributed by atoms with E-state index in [4.69, 9.17) is 0 Å². The van der Waals surface area contributed by atoms with Gasteiger partial charge in [0.2, 0.25) is 0 Å². The molecule has 1 aromatic heterocycles. The molecule has 1 aliphatic rings. The van der Waals surface area contributed by atoms with Crippen molar-refractivity contribution in [3.05, 3.63) is 10.7 Å². The summed E-state index contributed by atoms with van der Waals surface area (Å²) < 4.78 is 0.989. The van der Waals surface area contributed by atoms with E-state index in [-0.39, 0.29) is 0 Å². The molecule has 1 aliphatic heterocycles. The number of rotatable bonds is 3. The van der Waals surface area contributed by atoms with E-state index in [1.165, 1.54) is 12.8 Å². The summed E-state index contributed by atoms with van der Waals surface area (Å²) in [5, 5.41) is 0.836. The van der Waals surface area contributed by atoms with E-state index in [0.29, 0.717) is 6.04 Å². The molecule has 1 fully saturated rings. The summed E-state index contributed by atoms with van der Waals surface area (Å²) in [6, 6.07) is 0.696. The summed E-state index contributed by atoms with van der Waals surface area (Å²) in [6.07, 6.45) is 6.24. The van der Waals surface area contributed by atoms with Gasteiger partial charge in [-0.25, -0.2) is 9.97 Å². The molecule has 4 nitrogen and oxygen atoms in total. The molecule has 0 radical (unpaired) electrons. The molecule has 0 spiro atoms. The maximum absolute atomic E-state index is 4.60. The number of halogens is 1. The molecule has 2 rings (SSSR count). The maximum atomic E-state index is 4.60. The van der Waals surface area contributed by atoms with Gasteiger partial charge >= 0.3 is 0 Å². The minimum absolute atomic E-state index is 0.696. The van der Waals surface area contributed by atoms with E-state index in [0.717, 1.165) is 28.5 Å². The van der Waals surface area contributed by atoms with E-state index in [1.807, 2.05) is 12.5 Å². The molecule has 0 aromatic carbocycles. The van der Waals surface area contributed by atoms with Crippen LogP contribution in [0.4, 0.5) is 5.82 Å². The number of hydrogen-bond acceptors (Lipinski definition) is 5. The van der Waals surface area contributed by atoms with Crippen molar-refractivity contribution in [3.8, 4) is 0 Å². The number of thioether (sulfide) groups is 1. The zero-order chi connectivity index (χ0) is 13.1. The summed E-state index contributed by atoms with van der Waals surface area (Å²) in [6.45, 7) is 2.12. The number of hydrogen-bond donors (Lipinski definition) is 0. The van der Waals surface area contributed by atoms with Gasteiger partial charge in [-0.3, -0.25) is 0 Å². The molecule has 0 saturated carbocycles. The lowest BCUT2D eigenvalue weighted by Crippen LogP contribution is -2.42. The van der Waals surface area contributed by atoms with Crippen molar-refractivity contribution in [1.82, 2.24) is 14.9 Å². The van der Waals surface area contributed by atoms with Gasteiger partial charge < -0.3 is 9.80 Å². The predicted molar refractivity (Wildman–Crippen MR) is 80.4 cm³/mol. The highest BCUT2D eigenvalue weighted by atomic mass is 79.9. The summed E-state index contributed by atoms with van der Waals surface area (Å²) >= 11 is 5.14. The third kappa shape index (κ3) is 3.16. The lowest BCUT2D eigenvalue weighted by molar-refractivity contribution is 0.249. The highest BCUT2D eigenvalue weighted by Gasteiger charge is 2.23. The molecule has 6 heteroatoms. The predicted octanol–water partition coefficient (Wildman–Crippen LogP) is 2.49. The molecular formula is C12H19BrN4S. The number of aromatic nitrogens is 2. The average molecular weight is 331 g/mol. The van der Waals surface area contributed by atoms with Crippen molar-refractivity contribution in [2.24, 2.45) is 0 Å². The van der Waals surface area contributed by atoms with E-state index in [1.54, 1.807) is 11.8 Å². The Morgan fingerprint density at radius 2 is 2.06 bits per heavy atom. The van der Waals surface area contributed by atoms with Crippen molar-refractivity contribution in [1.29, 1.82) is 0 Å². The molecule has 0 aliphatic carbocycles. The molecule has 0 N–H and O–H groups in total. The number of nitrogens with zero attached hydrogens (tertiary/aromatic N) is 4. The van der Waals surface area contributed by atoms with E-state index in [9.17, 15) is 0 Å². The number of piperidine rings is 1. The molecule has 2 heterocycles. The Hall–Kier alpha value is -0.330. The van der Waals surface area contributed by atoms with Crippen LogP contribution in [0, 0.1) is 0 Å². The van der Waals surface area contributed by atoms with Crippen LogP contribution in [0.3, 0.4) is 0 Å². The molecule has 1 aromatic rings. The topological polar surface area (TPSA) is 32.3 Å². The van der Waals surface area contributed by atoms with Crippen LogP contribution < -0.4 is 4.90 Å². The first kappa shape index (κ1) is 14.1. The molecule has 0 amide bonds. The zero-order valence-corrected chi connectivity index (χ0v) is 13.5. The summed E-state index contributed by atoms with van der Waals surface area (Å²) in [5.41, 5.74) is 0. The molecule has 0 bridgehead atoms. The second-order valence-corrected chi connectivity index (χ2v) is 6.34. The van der Waals surface area contributed by atoms with Crippen molar-refractivity contribution in [3.63, 3.8) is 0 Å². The van der Waals surface area contributed by atoms with E-state index in [2.05, 4.69) is 49.8 Å². The van der Waals surface area contributed by atoms with Gasteiger partial charge in [-0.2, -0.15) is 0 Å². The normalized spacial score (nSPS) is 17.5. The van der Waals surface area contributed by atoms with Crippen LogP contribution in [-0.4, -0.2) is 54.4 Å². The second kappa shape index (κ2) is 6.21. The highest BCUT2D eigenvalue weighted by molar-refractivity contribution is 9.10. The summed E-state index contributed by atoms with van der Waals surface area (Å²) in [7, 11) is 4.32. The molecule has 100 valence electrons. The van der Waals surface area contributed by atoms with E-state index < -0.39 is 0 Å². The first-order valence-electron chi connectivity index (χ1n) is 6.09. The van der Waals surface area contributed by atoms with Crippen LogP contribution in [-0.2, 0) is 0 Å². The monoisotopic (exact) mass is 330 g/mol. The fourth-order valence-electron chi connectivity index (χ4n) is 2.26. The minimum atomic E-state index is 0.696. The summed E-state index contributed by atoms with van der Waals surface area (Å²) in [4.78, 5) is 13.5. The molecule has 1 saturated heterocycles. The van der Waals surface area contributed by atoms with Gasteiger partial charge in [0.25, 0.3) is 0 Å². The smallest absolute Gasteiger partial charge is 0.189 e. The third-order valence-electron chi connectivity index (χ3n) is 3.38. The highest BCUT2D eigenvalue weighted by Crippen LogP contribution is 2.28. The van der Waals surface area contributed by atoms with Crippen LogP contribution in [0.25, 0.3) is 0 Å². The Balaban J connectivity index is 2.09. The Labute approximate surface area is 121 Å². The summed E-state index contributed by atoms with van der Waals surface area (Å²) in [5.74, 6) is 1.03. The maximum Gasteiger partial charge on any atom is 0.189 e. The first-order chi connectivity index (χ1) is 8.61. The lowest BCUT2D eigenvalue weighted by atomic mass is 10.0. The van der Waals surface area contributed by atoms with Crippen LogP contribution in [0.5, 0.6) is 0 Å². The standard InChI is InChI=1S/C12H19BrN4S/c1-16(2)9-4-6-17(7-5-9)11-10(13)8-14-12(15-11)18-3/h8-9H,4-7H2,1-3H3. The van der Waals surface area contributed by atoms with Gasteiger partial charge in [0.1, 0.15) is 5.82 Å². The Kier molecular flexibility index (Phi) is 4.86. The fourth-order valence-corrected chi connectivity index (χ4v) is 3.03. The van der Waals surface area contributed by atoms with Crippen LogP contribution in [0.2, 0.25) is 0 Å². The van der Waals surface area contributed by atoms with Crippen LogP contribution >= 0.6 is 27.7 Å². The molecule has 0 unspecified atom stereocenters. The SMILES string of the molecule is CSc1ncc(Br)c(N2CCC(N(C)C)CC2)n1. The van der Waals surface area contributed by atoms with Crippen molar-refractivity contribution in [2.45, 2.75) is 24.0 Å². The Morgan fingerprint density at radius 1 is 1.39 bits per heavy atom. The van der Waals surface area contributed by atoms with Crippen LogP contribution in [0.1, 0.15) is 12.8 Å². The van der Waals surface area contributed by atoms with Crippen molar-refractivity contribution < 1.29 is 0 Å². The van der Waals surface area contributed by atoms with Gasteiger partial charge in [0, 0.05) is 25.3 Å². The van der Waals surface area contributed by atoms with Gasteiger partial charge in [-0.15, -0.1) is 0 Å². The van der Waals surface area contributed by atoms with Crippen molar-refractivity contribution >= 4 is 33.5 Å². The molecule has 18 heavy (non-hydrogen) atoms. The second-order valence-electron chi connectivity index (χ2n) is 4.71. The Bertz CT molecular complexity index is 405. The van der Waals surface area contributed by atoms with Gasteiger partial charge in [0.15, 0.2) is 5.16 Å². The van der Waals surface area contributed by atoms with Gasteiger partial charge in [-0.1, -0.05) is 11.8 Å². The van der Waals surface area contributed by atoms with E-state index >= 15 is 0 Å². The number of anilines is 1. The zero-order valence-electron chi connectivity index (χ0n) is 11.1. The average Bonchev–Trinajstić information content (AvgIpc) is 2.39. The largest absolute Gasteiger partial charge is 0.355 e.